The van der Waals surface area contributed by atoms with Crippen LogP contribution in [0, 0.1) is 5.92 Å². The summed E-state index contributed by atoms with van der Waals surface area (Å²) in [5.74, 6) is -0.331. The van der Waals surface area contributed by atoms with Crippen molar-refractivity contribution in [2.45, 2.75) is 99.0 Å². The molecule has 0 bridgehead atoms. The number of hydrogen-bond donors (Lipinski definition) is 10. The van der Waals surface area contributed by atoms with Gasteiger partial charge in [-0.15, -0.1) is 0 Å². The van der Waals surface area contributed by atoms with Crippen LogP contribution in [-0.2, 0) is 18.9 Å². The van der Waals surface area contributed by atoms with Crippen molar-refractivity contribution in [1.82, 2.24) is 0 Å². The van der Waals surface area contributed by atoms with Gasteiger partial charge in [0.05, 0.1) is 18.8 Å². The summed E-state index contributed by atoms with van der Waals surface area (Å²) in [5, 5.41) is 71.1. The van der Waals surface area contributed by atoms with Gasteiger partial charge in [-0.05, 0) is 12.3 Å². The van der Waals surface area contributed by atoms with Crippen LogP contribution in [0.4, 0.5) is 0 Å². The van der Waals surface area contributed by atoms with Crippen LogP contribution in [0.3, 0.4) is 0 Å². The molecule has 0 radical (unpaired) electrons. The van der Waals surface area contributed by atoms with Crippen LogP contribution >= 0.6 is 0 Å². The maximum atomic E-state index is 11.0. The van der Waals surface area contributed by atoms with Crippen molar-refractivity contribution in [3.8, 4) is 0 Å². The van der Waals surface area contributed by atoms with E-state index in [1.165, 1.54) is 0 Å². The molecule has 2 saturated heterocycles. The molecule has 194 valence electrons. The normalized spacial score (nSPS) is 53.7. The van der Waals surface area contributed by atoms with Gasteiger partial charge in [0, 0.05) is 12.6 Å². The topological polar surface area (TPSA) is 257 Å². The molecule has 1 aliphatic carbocycles. The van der Waals surface area contributed by atoms with Gasteiger partial charge in [-0.1, -0.05) is 6.92 Å². The Morgan fingerprint density at radius 3 is 1.94 bits per heavy atom. The molecule has 0 aromatic heterocycles. The van der Waals surface area contributed by atoms with E-state index in [0.717, 1.165) is 0 Å². The van der Waals surface area contributed by atoms with Gasteiger partial charge in [0.25, 0.3) is 0 Å². The average Bonchev–Trinajstić information content (AvgIpc) is 2.79. The van der Waals surface area contributed by atoms with Crippen molar-refractivity contribution >= 4 is 0 Å². The number of nitrogens with two attached hydrogens (primary N) is 3. The Labute approximate surface area is 190 Å². The standard InChI is InChI=1S/C19H37N3O11/c1-5-2-6(21)17(33-19-14(28)13(27)11(25)7(3-20)30-19)15(29)16(5)32-18-12(26)9(22)10(24)8(4-23)31-18/h5-19,23-29H,2-4,20-22H2,1H3/t5-,6?,7?,8-,9?,10-,11-,12-,13?,14+,15?,16-,17-,18?,19-/m0/s1. The van der Waals surface area contributed by atoms with E-state index in [-0.39, 0.29) is 12.5 Å². The van der Waals surface area contributed by atoms with Crippen molar-refractivity contribution in [3.05, 3.63) is 0 Å². The molecule has 0 aromatic carbocycles. The highest BCUT2D eigenvalue weighted by Crippen LogP contribution is 2.34. The van der Waals surface area contributed by atoms with Gasteiger partial charge in [0.1, 0.15) is 54.9 Å². The Morgan fingerprint density at radius 1 is 0.758 bits per heavy atom. The van der Waals surface area contributed by atoms with E-state index in [1.807, 2.05) is 0 Å². The summed E-state index contributed by atoms with van der Waals surface area (Å²) in [5.41, 5.74) is 17.5. The summed E-state index contributed by atoms with van der Waals surface area (Å²) < 4.78 is 22.5. The first-order valence-corrected chi connectivity index (χ1v) is 11.0. The van der Waals surface area contributed by atoms with Gasteiger partial charge in [-0.2, -0.15) is 0 Å². The largest absolute Gasteiger partial charge is 0.394 e. The molecule has 33 heavy (non-hydrogen) atoms. The lowest BCUT2D eigenvalue weighted by molar-refractivity contribution is -0.334. The van der Waals surface area contributed by atoms with Crippen molar-refractivity contribution < 1.29 is 54.7 Å². The van der Waals surface area contributed by atoms with Gasteiger partial charge in [-0.25, -0.2) is 0 Å². The summed E-state index contributed by atoms with van der Waals surface area (Å²) in [7, 11) is 0. The number of ether oxygens (including phenoxy) is 4. The van der Waals surface area contributed by atoms with Gasteiger partial charge in [0.2, 0.25) is 0 Å². The number of aliphatic hydroxyl groups excluding tert-OH is 7. The van der Waals surface area contributed by atoms with Crippen LogP contribution < -0.4 is 17.2 Å². The number of aliphatic hydroxyl groups is 7. The number of hydrogen-bond acceptors (Lipinski definition) is 14. The molecular weight excluding hydrogens is 446 g/mol. The van der Waals surface area contributed by atoms with E-state index >= 15 is 0 Å². The minimum absolute atomic E-state index is 0.151. The highest BCUT2D eigenvalue weighted by molar-refractivity contribution is 4.99. The van der Waals surface area contributed by atoms with Crippen LogP contribution in [0.5, 0.6) is 0 Å². The summed E-state index contributed by atoms with van der Waals surface area (Å²) in [6.45, 7) is 1.05. The second-order valence-electron chi connectivity index (χ2n) is 9.10. The molecule has 15 atom stereocenters. The van der Waals surface area contributed by atoms with E-state index < -0.39 is 92.3 Å². The van der Waals surface area contributed by atoms with Crippen LogP contribution in [0.15, 0.2) is 0 Å². The smallest absolute Gasteiger partial charge is 0.187 e. The quantitative estimate of drug-likeness (QED) is 0.169. The van der Waals surface area contributed by atoms with Crippen LogP contribution in [0.2, 0.25) is 0 Å². The van der Waals surface area contributed by atoms with E-state index in [1.54, 1.807) is 6.92 Å². The highest BCUT2D eigenvalue weighted by atomic mass is 16.7. The molecule has 0 spiro atoms. The predicted molar refractivity (Wildman–Crippen MR) is 109 cm³/mol. The summed E-state index contributed by atoms with van der Waals surface area (Å²) in [6.07, 6.45) is -15.5. The van der Waals surface area contributed by atoms with E-state index in [9.17, 15) is 35.7 Å². The molecule has 2 heterocycles. The van der Waals surface area contributed by atoms with Crippen LogP contribution in [0.1, 0.15) is 13.3 Å². The lowest BCUT2D eigenvalue weighted by atomic mass is 9.80. The van der Waals surface area contributed by atoms with E-state index in [4.69, 9.17) is 36.1 Å². The maximum Gasteiger partial charge on any atom is 0.187 e. The maximum absolute atomic E-state index is 11.0. The monoisotopic (exact) mass is 483 g/mol. The first kappa shape index (κ1) is 27.0. The van der Waals surface area contributed by atoms with Gasteiger partial charge in [-0.3, -0.25) is 0 Å². The Hall–Kier alpha value is -0.560. The predicted octanol–water partition coefficient (Wildman–Crippen LogP) is -5.98. The molecular formula is C19H37N3O11. The summed E-state index contributed by atoms with van der Waals surface area (Å²) >= 11 is 0. The fraction of sp³-hybridized carbons (Fsp3) is 1.00. The zero-order chi connectivity index (χ0) is 24.6. The molecule has 14 nitrogen and oxygen atoms in total. The minimum atomic E-state index is -1.63. The minimum Gasteiger partial charge on any atom is -0.394 e. The van der Waals surface area contributed by atoms with Gasteiger partial charge in [0.15, 0.2) is 12.6 Å². The van der Waals surface area contributed by atoms with Crippen molar-refractivity contribution in [3.63, 3.8) is 0 Å². The second-order valence-corrected chi connectivity index (χ2v) is 9.10. The highest BCUT2D eigenvalue weighted by Gasteiger charge is 2.51. The van der Waals surface area contributed by atoms with Gasteiger partial charge < -0.3 is 71.9 Å². The molecule has 0 amide bonds. The second kappa shape index (κ2) is 11.0. The molecule has 2 aliphatic heterocycles. The van der Waals surface area contributed by atoms with Crippen LogP contribution in [0.25, 0.3) is 0 Å². The van der Waals surface area contributed by atoms with Crippen molar-refractivity contribution in [2.24, 2.45) is 23.1 Å². The Balaban J connectivity index is 1.72. The Kier molecular flexibility index (Phi) is 9.02. The fourth-order valence-electron chi connectivity index (χ4n) is 4.63. The lowest BCUT2D eigenvalue weighted by Gasteiger charge is -2.48. The van der Waals surface area contributed by atoms with Crippen LogP contribution in [-0.4, -0.2) is 135 Å². The lowest BCUT2D eigenvalue weighted by Crippen LogP contribution is -2.66. The molecule has 13 N–H and O–H groups in total. The van der Waals surface area contributed by atoms with Crippen molar-refractivity contribution in [2.75, 3.05) is 13.2 Å². The molecule has 1 saturated carbocycles. The molecule has 0 aromatic rings. The zero-order valence-corrected chi connectivity index (χ0v) is 18.3. The molecule has 3 fully saturated rings. The third-order valence-electron chi connectivity index (χ3n) is 6.72. The van der Waals surface area contributed by atoms with Gasteiger partial charge >= 0.3 is 0 Å². The molecule has 6 unspecified atom stereocenters. The van der Waals surface area contributed by atoms with Crippen molar-refractivity contribution in [1.29, 1.82) is 0 Å². The first-order chi connectivity index (χ1) is 15.5. The van der Waals surface area contributed by atoms with E-state index in [0.29, 0.717) is 6.42 Å². The third kappa shape index (κ3) is 5.34. The Morgan fingerprint density at radius 2 is 1.33 bits per heavy atom. The first-order valence-electron chi connectivity index (χ1n) is 11.0. The Bertz CT molecular complexity index is 582. The summed E-state index contributed by atoms with van der Waals surface area (Å²) in [4.78, 5) is 0. The SMILES string of the molecule is C[C@H]1CC(N)[C@H](O[C@@H]2OC(CN)[C@H](O)C(O)[C@H]2O)C(O)[C@H]1OC1O[C@@H](CO)[C@H](O)C(N)[C@@H]1O. The molecule has 3 aliphatic rings. The van der Waals surface area contributed by atoms with E-state index in [2.05, 4.69) is 0 Å². The summed E-state index contributed by atoms with van der Waals surface area (Å²) in [6, 6.07) is -1.87. The zero-order valence-electron chi connectivity index (χ0n) is 18.3. The third-order valence-corrected chi connectivity index (χ3v) is 6.72. The number of rotatable bonds is 6. The average molecular weight is 484 g/mol. The molecule has 14 heteroatoms. The molecule has 3 rings (SSSR count). The fourth-order valence-corrected chi connectivity index (χ4v) is 4.63.